The highest BCUT2D eigenvalue weighted by atomic mass is 35.5. The molecule has 1 aliphatic carbocycles. The van der Waals surface area contributed by atoms with E-state index >= 15 is 0 Å². The molecule has 0 aromatic heterocycles. The van der Waals surface area contributed by atoms with E-state index in [0.717, 1.165) is 12.2 Å². The monoisotopic (exact) mass is 314 g/mol. The van der Waals surface area contributed by atoms with Gasteiger partial charge in [0.15, 0.2) is 0 Å². The van der Waals surface area contributed by atoms with Crippen LogP contribution in [0.5, 0.6) is 0 Å². The van der Waals surface area contributed by atoms with E-state index in [9.17, 15) is 10.1 Å². The van der Waals surface area contributed by atoms with Gasteiger partial charge in [-0.2, -0.15) is 11.8 Å². The molecule has 0 radical (unpaired) electrons. The second-order valence-corrected chi connectivity index (χ2v) is 6.89. The van der Waals surface area contributed by atoms with Crippen LogP contribution in [0.3, 0.4) is 0 Å². The van der Waals surface area contributed by atoms with E-state index in [2.05, 4.69) is 12.2 Å². The molecule has 2 rings (SSSR count). The van der Waals surface area contributed by atoms with Crippen LogP contribution in [0.2, 0.25) is 5.02 Å². The lowest BCUT2D eigenvalue weighted by Crippen LogP contribution is -2.33. The molecule has 1 aromatic carbocycles. The molecular weight excluding hydrogens is 296 g/mol. The van der Waals surface area contributed by atoms with E-state index in [-0.39, 0.29) is 10.6 Å². The van der Waals surface area contributed by atoms with Crippen LogP contribution in [0.4, 0.5) is 5.69 Å². The Morgan fingerprint density at radius 2 is 2.30 bits per heavy atom. The van der Waals surface area contributed by atoms with Gasteiger partial charge in [0.05, 0.1) is 4.92 Å². The first-order valence-electron chi connectivity index (χ1n) is 6.89. The summed E-state index contributed by atoms with van der Waals surface area (Å²) in [6, 6.07) is 5.32. The molecule has 1 saturated carbocycles. The molecular formula is C14H19ClN2O2S. The van der Waals surface area contributed by atoms with Gasteiger partial charge < -0.3 is 5.32 Å². The van der Waals surface area contributed by atoms with E-state index in [1.54, 1.807) is 12.1 Å². The molecule has 0 bridgehead atoms. The molecule has 2 unspecified atom stereocenters. The van der Waals surface area contributed by atoms with Crippen molar-refractivity contribution in [2.75, 3.05) is 5.75 Å². The molecule has 2 atom stereocenters. The van der Waals surface area contributed by atoms with Crippen molar-refractivity contribution in [2.24, 2.45) is 0 Å². The minimum absolute atomic E-state index is 0.0997. The summed E-state index contributed by atoms with van der Waals surface area (Å²) in [5, 5.41) is 15.6. The van der Waals surface area contributed by atoms with Crippen molar-refractivity contribution >= 4 is 29.1 Å². The lowest BCUT2D eigenvalue weighted by molar-refractivity contribution is -0.385. The molecule has 1 aliphatic rings. The molecule has 0 spiro atoms. The van der Waals surface area contributed by atoms with Gasteiger partial charge in [-0.15, -0.1) is 0 Å². The van der Waals surface area contributed by atoms with Crippen LogP contribution in [0.25, 0.3) is 0 Å². The van der Waals surface area contributed by atoms with E-state index < -0.39 is 0 Å². The predicted molar refractivity (Wildman–Crippen MR) is 84.5 cm³/mol. The Morgan fingerprint density at radius 3 is 3.00 bits per heavy atom. The van der Waals surface area contributed by atoms with Crippen LogP contribution in [0.15, 0.2) is 18.2 Å². The maximum absolute atomic E-state index is 11.1. The van der Waals surface area contributed by atoms with Gasteiger partial charge in [-0.1, -0.05) is 24.9 Å². The summed E-state index contributed by atoms with van der Waals surface area (Å²) in [6.07, 6.45) is 3.62. The van der Waals surface area contributed by atoms with Crippen molar-refractivity contribution in [3.8, 4) is 0 Å². The third-order valence-electron chi connectivity index (χ3n) is 3.63. The van der Waals surface area contributed by atoms with Gasteiger partial charge >= 0.3 is 0 Å². The first kappa shape index (κ1) is 15.6. The summed E-state index contributed by atoms with van der Waals surface area (Å²) >= 11 is 7.80. The van der Waals surface area contributed by atoms with Crippen LogP contribution >= 0.6 is 23.4 Å². The molecule has 4 nitrogen and oxygen atoms in total. The SMILES string of the molecule is CCSC1CCCC1NCc1ccc(Cl)cc1[N+](=O)[O-]. The average molecular weight is 315 g/mol. The standard InChI is InChI=1S/C14H19ClN2O2S/c1-2-20-14-5-3-4-12(14)16-9-10-6-7-11(15)8-13(10)17(18)19/h6-8,12,14,16H,2-5,9H2,1H3. The molecule has 6 heteroatoms. The van der Waals surface area contributed by atoms with Gasteiger partial charge in [-0.25, -0.2) is 0 Å². The molecule has 0 heterocycles. The van der Waals surface area contributed by atoms with Crippen LogP contribution < -0.4 is 5.32 Å². The second kappa shape index (κ2) is 7.29. The zero-order valence-electron chi connectivity index (χ0n) is 11.5. The Labute approximate surface area is 128 Å². The summed E-state index contributed by atoms with van der Waals surface area (Å²) in [5.74, 6) is 1.12. The molecule has 20 heavy (non-hydrogen) atoms. The van der Waals surface area contributed by atoms with Gasteiger partial charge in [-0.3, -0.25) is 10.1 Å². The van der Waals surface area contributed by atoms with Crippen molar-refractivity contribution in [1.82, 2.24) is 5.32 Å². The number of nitrogens with zero attached hydrogens (tertiary/aromatic N) is 1. The van der Waals surface area contributed by atoms with E-state index in [1.807, 2.05) is 11.8 Å². The third kappa shape index (κ3) is 3.87. The fraction of sp³-hybridized carbons (Fsp3) is 0.571. The predicted octanol–water partition coefficient (Wildman–Crippen LogP) is 4.01. The van der Waals surface area contributed by atoms with Gasteiger partial charge in [0.1, 0.15) is 0 Å². The number of hydrogen-bond donors (Lipinski definition) is 1. The Hall–Kier alpha value is -0.780. The zero-order valence-corrected chi connectivity index (χ0v) is 13.0. The van der Waals surface area contributed by atoms with E-state index in [0.29, 0.717) is 28.4 Å². The Bertz CT molecular complexity index is 484. The summed E-state index contributed by atoms with van der Waals surface area (Å²) in [4.78, 5) is 10.7. The number of nitrogens with one attached hydrogen (secondary N) is 1. The first-order chi connectivity index (χ1) is 9.61. The molecule has 0 amide bonds. The van der Waals surface area contributed by atoms with Crippen LogP contribution in [0, 0.1) is 10.1 Å². The molecule has 0 saturated heterocycles. The molecule has 1 fully saturated rings. The van der Waals surface area contributed by atoms with Gasteiger partial charge in [-0.05, 0) is 30.7 Å². The number of hydrogen-bond acceptors (Lipinski definition) is 4. The summed E-state index contributed by atoms with van der Waals surface area (Å²) < 4.78 is 0. The topological polar surface area (TPSA) is 55.2 Å². The van der Waals surface area contributed by atoms with Crippen molar-refractivity contribution < 1.29 is 4.92 Å². The number of benzene rings is 1. The fourth-order valence-electron chi connectivity index (χ4n) is 2.67. The Balaban J connectivity index is 2.02. The van der Waals surface area contributed by atoms with Crippen LogP contribution in [-0.2, 0) is 6.54 Å². The molecule has 110 valence electrons. The fourth-order valence-corrected chi connectivity index (χ4v) is 4.06. The summed E-state index contributed by atoms with van der Waals surface area (Å²) in [6.45, 7) is 2.70. The Kier molecular flexibility index (Phi) is 5.69. The van der Waals surface area contributed by atoms with Crippen molar-refractivity contribution in [2.45, 2.75) is 44.0 Å². The molecule has 0 aliphatic heterocycles. The van der Waals surface area contributed by atoms with E-state index in [1.165, 1.54) is 18.9 Å². The molecule has 1 aromatic rings. The summed E-state index contributed by atoms with van der Waals surface area (Å²) in [7, 11) is 0. The minimum Gasteiger partial charge on any atom is -0.309 e. The lowest BCUT2D eigenvalue weighted by atomic mass is 10.1. The quantitative estimate of drug-likeness (QED) is 0.636. The Morgan fingerprint density at radius 1 is 1.50 bits per heavy atom. The van der Waals surface area contributed by atoms with Gasteiger partial charge in [0, 0.05) is 34.5 Å². The highest BCUT2D eigenvalue weighted by Crippen LogP contribution is 2.30. The van der Waals surface area contributed by atoms with Crippen LogP contribution in [-0.4, -0.2) is 22.0 Å². The number of nitro benzene ring substituents is 1. The largest absolute Gasteiger partial charge is 0.309 e. The highest BCUT2D eigenvalue weighted by molar-refractivity contribution is 7.99. The van der Waals surface area contributed by atoms with Crippen LogP contribution in [0.1, 0.15) is 31.7 Å². The maximum Gasteiger partial charge on any atom is 0.275 e. The van der Waals surface area contributed by atoms with Crippen molar-refractivity contribution in [3.63, 3.8) is 0 Å². The van der Waals surface area contributed by atoms with Gasteiger partial charge in [0.25, 0.3) is 5.69 Å². The number of rotatable bonds is 6. The average Bonchev–Trinajstić information content (AvgIpc) is 2.85. The normalized spacial score (nSPS) is 22.1. The van der Waals surface area contributed by atoms with Gasteiger partial charge in [0.2, 0.25) is 0 Å². The smallest absolute Gasteiger partial charge is 0.275 e. The number of nitro groups is 1. The number of halogens is 1. The van der Waals surface area contributed by atoms with Crippen molar-refractivity contribution in [1.29, 1.82) is 0 Å². The van der Waals surface area contributed by atoms with E-state index in [4.69, 9.17) is 11.6 Å². The lowest BCUT2D eigenvalue weighted by Gasteiger charge is -2.20. The maximum atomic E-state index is 11.1. The number of thioether (sulfide) groups is 1. The zero-order chi connectivity index (χ0) is 14.5. The minimum atomic E-state index is -0.365. The first-order valence-corrected chi connectivity index (χ1v) is 8.32. The summed E-state index contributed by atoms with van der Waals surface area (Å²) in [5.41, 5.74) is 0.800. The third-order valence-corrected chi connectivity index (χ3v) is 5.19. The second-order valence-electron chi connectivity index (χ2n) is 4.94. The highest BCUT2D eigenvalue weighted by Gasteiger charge is 2.27. The molecule has 1 N–H and O–H groups in total. The van der Waals surface area contributed by atoms with Crippen molar-refractivity contribution in [3.05, 3.63) is 38.9 Å².